The zero-order valence-corrected chi connectivity index (χ0v) is 14.4. The van der Waals surface area contributed by atoms with Crippen molar-refractivity contribution in [1.29, 1.82) is 0 Å². The summed E-state index contributed by atoms with van der Waals surface area (Å²) >= 11 is 3.09. The summed E-state index contributed by atoms with van der Waals surface area (Å²) in [5.74, 6) is 0.431. The van der Waals surface area contributed by atoms with E-state index in [4.69, 9.17) is 4.74 Å². The summed E-state index contributed by atoms with van der Waals surface area (Å²) in [4.78, 5) is 21.1. The van der Waals surface area contributed by atoms with Crippen molar-refractivity contribution >= 4 is 54.1 Å². The van der Waals surface area contributed by atoms with E-state index in [0.717, 1.165) is 25.4 Å². The minimum absolute atomic E-state index is 0.0504. The van der Waals surface area contributed by atoms with Gasteiger partial charge in [0, 0.05) is 0 Å². The van der Waals surface area contributed by atoms with E-state index < -0.39 is 0 Å². The molecule has 24 heavy (non-hydrogen) atoms. The van der Waals surface area contributed by atoms with Crippen LogP contribution < -0.4 is 10.1 Å². The molecule has 0 fully saturated rings. The van der Waals surface area contributed by atoms with E-state index in [1.165, 1.54) is 11.3 Å². The van der Waals surface area contributed by atoms with Crippen molar-refractivity contribution in [1.82, 2.24) is 9.97 Å². The zero-order chi connectivity index (χ0) is 16.5. The molecule has 2 aromatic carbocycles. The smallest absolute Gasteiger partial charge is 0.264 e. The Morgan fingerprint density at radius 1 is 1.12 bits per heavy atom. The lowest BCUT2D eigenvalue weighted by molar-refractivity contribution is -0.118. The summed E-state index contributed by atoms with van der Waals surface area (Å²) in [6.45, 7) is 1.94. The van der Waals surface area contributed by atoms with Crippen molar-refractivity contribution in [2.45, 2.75) is 6.92 Å². The number of ether oxygens (including phenoxy) is 1. The highest BCUT2D eigenvalue weighted by atomic mass is 32.1. The van der Waals surface area contributed by atoms with Crippen LogP contribution in [0.25, 0.3) is 20.4 Å². The maximum absolute atomic E-state index is 12.0. The van der Waals surface area contributed by atoms with Crippen molar-refractivity contribution in [2.24, 2.45) is 0 Å². The van der Waals surface area contributed by atoms with Gasteiger partial charge in [0.2, 0.25) is 0 Å². The van der Waals surface area contributed by atoms with Gasteiger partial charge in [0.25, 0.3) is 5.91 Å². The number of hydrogen-bond acceptors (Lipinski definition) is 6. The minimum Gasteiger partial charge on any atom is -0.484 e. The van der Waals surface area contributed by atoms with Crippen LogP contribution in [-0.4, -0.2) is 22.5 Å². The fourth-order valence-corrected chi connectivity index (χ4v) is 4.24. The van der Waals surface area contributed by atoms with E-state index in [1.807, 2.05) is 49.4 Å². The molecule has 0 saturated heterocycles. The van der Waals surface area contributed by atoms with Crippen LogP contribution in [0.15, 0.2) is 42.5 Å². The van der Waals surface area contributed by atoms with E-state index >= 15 is 0 Å². The van der Waals surface area contributed by atoms with Gasteiger partial charge < -0.3 is 4.74 Å². The number of aromatic nitrogens is 2. The molecule has 0 aliphatic rings. The maximum Gasteiger partial charge on any atom is 0.264 e. The van der Waals surface area contributed by atoms with Crippen molar-refractivity contribution in [3.8, 4) is 5.75 Å². The minimum atomic E-state index is -0.233. The standard InChI is InChI=1S/C17H13N3O2S2/c1-10-18-15-13(23-10)8-7-12-16(15)24-17(19-12)20-14(21)9-22-11-5-3-2-4-6-11/h2-8H,9H2,1H3,(H,19,20,21). The monoisotopic (exact) mass is 355 g/mol. The molecular formula is C17H13N3O2S2. The lowest BCUT2D eigenvalue weighted by atomic mass is 10.3. The molecule has 0 saturated carbocycles. The number of thiazole rings is 2. The van der Waals surface area contributed by atoms with Crippen LogP contribution in [0.2, 0.25) is 0 Å². The zero-order valence-electron chi connectivity index (χ0n) is 12.8. The van der Waals surface area contributed by atoms with E-state index in [9.17, 15) is 4.79 Å². The highest BCUT2D eigenvalue weighted by Gasteiger charge is 2.12. The van der Waals surface area contributed by atoms with E-state index in [-0.39, 0.29) is 12.5 Å². The average molecular weight is 355 g/mol. The van der Waals surface area contributed by atoms with Crippen LogP contribution in [0.4, 0.5) is 5.13 Å². The Balaban J connectivity index is 1.52. The summed E-state index contributed by atoms with van der Waals surface area (Å²) in [6, 6.07) is 13.2. The number of anilines is 1. The highest BCUT2D eigenvalue weighted by molar-refractivity contribution is 7.24. The molecule has 0 radical (unpaired) electrons. The molecule has 4 rings (SSSR count). The largest absolute Gasteiger partial charge is 0.484 e. The summed E-state index contributed by atoms with van der Waals surface area (Å²) < 4.78 is 7.57. The molecular weight excluding hydrogens is 342 g/mol. The van der Waals surface area contributed by atoms with Crippen molar-refractivity contribution < 1.29 is 9.53 Å². The second kappa shape index (κ2) is 6.18. The number of rotatable bonds is 4. The second-order valence-electron chi connectivity index (χ2n) is 5.16. The Kier molecular flexibility index (Phi) is 3.87. The lowest BCUT2D eigenvalue weighted by Gasteiger charge is -2.04. The summed E-state index contributed by atoms with van der Waals surface area (Å²) in [5.41, 5.74) is 1.80. The first kappa shape index (κ1) is 15.0. The predicted molar refractivity (Wildman–Crippen MR) is 98.1 cm³/mol. The molecule has 7 heteroatoms. The van der Waals surface area contributed by atoms with Gasteiger partial charge in [-0.05, 0) is 31.2 Å². The number of carbonyl (C=O) groups is 1. The van der Waals surface area contributed by atoms with Crippen LogP contribution in [0.1, 0.15) is 5.01 Å². The van der Waals surface area contributed by atoms with Gasteiger partial charge in [-0.2, -0.15) is 0 Å². The van der Waals surface area contributed by atoms with Crippen LogP contribution >= 0.6 is 22.7 Å². The maximum atomic E-state index is 12.0. The first-order valence-electron chi connectivity index (χ1n) is 7.33. The molecule has 0 atom stereocenters. The van der Waals surface area contributed by atoms with Crippen LogP contribution in [-0.2, 0) is 4.79 Å². The summed E-state index contributed by atoms with van der Waals surface area (Å²) in [7, 11) is 0. The van der Waals surface area contributed by atoms with Gasteiger partial charge in [-0.15, -0.1) is 11.3 Å². The molecule has 0 unspecified atom stereocenters. The number of hydrogen-bond donors (Lipinski definition) is 1. The SMILES string of the molecule is Cc1nc2c(ccc3nc(NC(=O)COc4ccccc4)sc32)s1. The molecule has 2 aromatic heterocycles. The first-order valence-corrected chi connectivity index (χ1v) is 8.97. The first-order chi connectivity index (χ1) is 11.7. The molecule has 0 spiro atoms. The number of nitrogens with one attached hydrogen (secondary N) is 1. The number of aryl methyl sites for hydroxylation is 1. The predicted octanol–water partition coefficient (Wildman–Crippen LogP) is 4.23. The lowest BCUT2D eigenvalue weighted by Crippen LogP contribution is -2.19. The molecule has 5 nitrogen and oxygen atoms in total. The molecule has 4 aromatic rings. The van der Waals surface area contributed by atoms with E-state index in [0.29, 0.717) is 10.9 Å². The number of nitrogens with zero attached hydrogens (tertiary/aromatic N) is 2. The Bertz CT molecular complexity index is 1020. The molecule has 1 N–H and O–H groups in total. The van der Waals surface area contributed by atoms with Gasteiger partial charge in [0.05, 0.1) is 19.9 Å². The van der Waals surface area contributed by atoms with Crippen molar-refractivity contribution in [3.63, 3.8) is 0 Å². The Hall–Kier alpha value is -2.51. The number of fused-ring (bicyclic) bond motifs is 3. The summed E-state index contributed by atoms with van der Waals surface area (Å²) in [5, 5.41) is 4.37. The number of benzene rings is 2. The Labute approximate surface area is 145 Å². The van der Waals surface area contributed by atoms with E-state index in [2.05, 4.69) is 15.3 Å². The Morgan fingerprint density at radius 2 is 1.96 bits per heavy atom. The summed E-state index contributed by atoms with van der Waals surface area (Å²) in [6.07, 6.45) is 0. The fourth-order valence-electron chi connectivity index (χ4n) is 2.36. The van der Waals surface area contributed by atoms with Gasteiger partial charge in [0.15, 0.2) is 11.7 Å². The molecule has 2 heterocycles. The topological polar surface area (TPSA) is 64.1 Å². The normalized spacial score (nSPS) is 11.0. The van der Waals surface area contributed by atoms with E-state index in [1.54, 1.807) is 11.3 Å². The molecule has 0 aliphatic carbocycles. The van der Waals surface area contributed by atoms with Crippen molar-refractivity contribution in [3.05, 3.63) is 47.5 Å². The number of carbonyl (C=O) groups excluding carboxylic acids is 1. The third kappa shape index (κ3) is 2.95. The molecule has 120 valence electrons. The van der Waals surface area contributed by atoms with Gasteiger partial charge in [-0.25, -0.2) is 9.97 Å². The molecule has 0 bridgehead atoms. The Morgan fingerprint density at radius 3 is 2.79 bits per heavy atom. The third-order valence-corrected chi connectivity index (χ3v) is 5.31. The van der Waals surface area contributed by atoms with Gasteiger partial charge in [0.1, 0.15) is 11.3 Å². The van der Waals surface area contributed by atoms with Gasteiger partial charge in [-0.1, -0.05) is 29.5 Å². The van der Waals surface area contributed by atoms with Crippen LogP contribution in [0.3, 0.4) is 0 Å². The highest BCUT2D eigenvalue weighted by Crippen LogP contribution is 2.34. The van der Waals surface area contributed by atoms with Crippen LogP contribution in [0.5, 0.6) is 5.75 Å². The third-order valence-electron chi connectivity index (χ3n) is 3.38. The number of para-hydroxylation sites is 1. The molecule has 0 aliphatic heterocycles. The number of amides is 1. The van der Waals surface area contributed by atoms with Gasteiger partial charge in [-0.3, -0.25) is 10.1 Å². The molecule has 1 amide bonds. The van der Waals surface area contributed by atoms with Crippen LogP contribution in [0, 0.1) is 6.92 Å². The van der Waals surface area contributed by atoms with Gasteiger partial charge >= 0.3 is 0 Å². The quantitative estimate of drug-likeness (QED) is 0.595. The average Bonchev–Trinajstić information content (AvgIpc) is 3.15. The fraction of sp³-hybridized carbons (Fsp3) is 0.118. The van der Waals surface area contributed by atoms with Crippen molar-refractivity contribution in [2.75, 3.05) is 11.9 Å². The second-order valence-corrected chi connectivity index (χ2v) is 7.40.